The van der Waals surface area contributed by atoms with Crippen LogP contribution in [-0.2, 0) is 6.42 Å². The van der Waals surface area contributed by atoms with Gasteiger partial charge < -0.3 is 4.74 Å². The van der Waals surface area contributed by atoms with Crippen LogP contribution in [0.2, 0.25) is 0 Å². The van der Waals surface area contributed by atoms with Gasteiger partial charge in [-0.05, 0) is 50.8 Å². The van der Waals surface area contributed by atoms with Crippen molar-refractivity contribution in [2.45, 2.75) is 39.5 Å². The van der Waals surface area contributed by atoms with Crippen LogP contribution in [0, 0.1) is 16.7 Å². The molecule has 0 radical (unpaired) electrons. The summed E-state index contributed by atoms with van der Waals surface area (Å²) in [5, 5.41) is 8.93. The van der Waals surface area contributed by atoms with Crippen LogP contribution in [0.5, 0.6) is 5.75 Å². The maximum absolute atomic E-state index is 11.8. The minimum atomic E-state index is -0.371. The maximum atomic E-state index is 11.8. The summed E-state index contributed by atoms with van der Waals surface area (Å²) in [7, 11) is 0. The Balaban J connectivity index is 2.01. The molecule has 0 atom stereocenters. The van der Waals surface area contributed by atoms with Crippen LogP contribution < -0.4 is 4.74 Å². The lowest BCUT2D eigenvalue weighted by molar-refractivity contribution is 0.0972. The second-order valence-corrected chi connectivity index (χ2v) is 5.69. The van der Waals surface area contributed by atoms with Crippen LogP contribution in [0.1, 0.15) is 49.0 Å². The molecule has 1 aromatic carbocycles. The van der Waals surface area contributed by atoms with E-state index in [1.165, 1.54) is 0 Å². The molecule has 0 amide bonds. The van der Waals surface area contributed by atoms with Crippen molar-refractivity contribution in [3.63, 3.8) is 0 Å². The van der Waals surface area contributed by atoms with E-state index in [0.717, 1.165) is 29.7 Å². The molecule has 0 fully saturated rings. The Morgan fingerprint density at radius 2 is 2.16 bits per heavy atom. The molecule has 3 heteroatoms. The molecule has 1 aliphatic rings. The zero-order valence-corrected chi connectivity index (χ0v) is 11.5. The number of nitriles is 1. The Morgan fingerprint density at radius 3 is 2.89 bits per heavy atom. The van der Waals surface area contributed by atoms with Crippen LogP contribution in [0.15, 0.2) is 18.2 Å². The molecule has 0 aliphatic heterocycles. The molecular weight excluding hydrogens is 238 g/mol. The van der Waals surface area contributed by atoms with Crippen molar-refractivity contribution in [1.82, 2.24) is 0 Å². The van der Waals surface area contributed by atoms with Crippen molar-refractivity contribution in [1.29, 1.82) is 5.26 Å². The zero-order chi connectivity index (χ0) is 13.9. The second-order valence-electron chi connectivity index (χ2n) is 5.69. The molecule has 3 nitrogen and oxygen atoms in total. The molecule has 2 rings (SSSR count). The van der Waals surface area contributed by atoms with Gasteiger partial charge in [-0.1, -0.05) is 6.07 Å². The topological polar surface area (TPSA) is 50.1 Å². The normalized spacial score (nSPS) is 14.7. The van der Waals surface area contributed by atoms with Crippen molar-refractivity contribution in [3.05, 3.63) is 29.3 Å². The third kappa shape index (κ3) is 3.35. The van der Waals surface area contributed by atoms with Gasteiger partial charge in [-0.2, -0.15) is 5.26 Å². The smallest absolute Gasteiger partial charge is 0.163 e. The summed E-state index contributed by atoms with van der Waals surface area (Å²) in [6.07, 6.45) is 3.23. The third-order valence-corrected chi connectivity index (χ3v) is 3.53. The fourth-order valence-electron chi connectivity index (χ4n) is 2.18. The van der Waals surface area contributed by atoms with Crippen LogP contribution in [0.4, 0.5) is 0 Å². The second kappa shape index (κ2) is 5.44. The van der Waals surface area contributed by atoms with Crippen molar-refractivity contribution in [2.75, 3.05) is 6.61 Å². The van der Waals surface area contributed by atoms with Crippen LogP contribution in [0.25, 0.3) is 0 Å². The fourth-order valence-corrected chi connectivity index (χ4v) is 2.18. The van der Waals surface area contributed by atoms with Crippen molar-refractivity contribution < 1.29 is 9.53 Å². The number of ether oxygens (including phenoxy) is 1. The molecule has 1 aliphatic carbocycles. The summed E-state index contributed by atoms with van der Waals surface area (Å²) >= 11 is 0. The lowest BCUT2D eigenvalue weighted by Gasteiger charge is -2.18. The van der Waals surface area contributed by atoms with Gasteiger partial charge >= 0.3 is 0 Å². The van der Waals surface area contributed by atoms with Crippen molar-refractivity contribution >= 4 is 5.78 Å². The average Bonchev–Trinajstić information content (AvgIpc) is 2.39. The fraction of sp³-hybridized carbons (Fsp3) is 0.500. The number of aryl methyl sites for hydroxylation is 1. The number of nitrogens with zero attached hydrogens (tertiary/aromatic N) is 1. The Hall–Kier alpha value is -1.82. The number of benzene rings is 1. The molecule has 0 N–H and O–H groups in total. The van der Waals surface area contributed by atoms with E-state index < -0.39 is 0 Å². The molecule has 19 heavy (non-hydrogen) atoms. The molecule has 0 aromatic heterocycles. The number of fused-ring (bicyclic) bond motifs is 1. The summed E-state index contributed by atoms with van der Waals surface area (Å²) in [6.45, 7) is 4.28. The predicted molar refractivity (Wildman–Crippen MR) is 73.2 cm³/mol. The minimum Gasteiger partial charge on any atom is -0.494 e. The standard InChI is InChI=1S/C16H19NO2/c1-16(2,11-17)8-9-19-13-7-6-12-4-3-5-15(18)14(12)10-13/h6-7,10H,3-5,8-9H2,1-2H3. The van der Waals surface area contributed by atoms with E-state index in [4.69, 9.17) is 10.00 Å². The Morgan fingerprint density at radius 1 is 1.37 bits per heavy atom. The Bertz CT molecular complexity index is 526. The SMILES string of the molecule is CC(C)(C#N)CCOc1ccc2c(c1)C(=O)CCC2. The van der Waals surface area contributed by atoms with Gasteiger partial charge in [-0.25, -0.2) is 0 Å². The largest absolute Gasteiger partial charge is 0.494 e. The number of Topliss-reactive ketones (excluding diaryl/α,β-unsaturated/α-hetero) is 1. The van der Waals surface area contributed by atoms with Gasteiger partial charge in [-0.15, -0.1) is 0 Å². The number of hydrogen-bond donors (Lipinski definition) is 0. The molecule has 0 bridgehead atoms. The van der Waals surface area contributed by atoms with Gasteiger partial charge in [0.1, 0.15) is 5.75 Å². The van der Waals surface area contributed by atoms with Gasteiger partial charge in [0.15, 0.2) is 5.78 Å². The summed E-state index contributed by atoms with van der Waals surface area (Å²) in [6, 6.07) is 7.99. The summed E-state index contributed by atoms with van der Waals surface area (Å²) in [5.41, 5.74) is 1.56. The van der Waals surface area contributed by atoms with Gasteiger partial charge in [0.2, 0.25) is 0 Å². The summed E-state index contributed by atoms with van der Waals surface area (Å²) < 4.78 is 5.65. The predicted octanol–water partition coefficient (Wildman–Crippen LogP) is 3.52. The van der Waals surface area contributed by atoms with E-state index in [1.807, 2.05) is 32.0 Å². The highest BCUT2D eigenvalue weighted by molar-refractivity contribution is 5.98. The number of carbonyl (C=O) groups excluding carboxylic acids is 1. The molecule has 0 spiro atoms. The average molecular weight is 257 g/mol. The van der Waals surface area contributed by atoms with Crippen LogP contribution in [-0.4, -0.2) is 12.4 Å². The van der Waals surface area contributed by atoms with E-state index in [2.05, 4.69) is 6.07 Å². The molecule has 0 unspecified atom stereocenters. The van der Waals surface area contributed by atoms with Gasteiger partial charge in [0.25, 0.3) is 0 Å². The van der Waals surface area contributed by atoms with E-state index in [0.29, 0.717) is 19.4 Å². The summed E-state index contributed by atoms with van der Waals surface area (Å²) in [4.78, 5) is 11.8. The third-order valence-electron chi connectivity index (χ3n) is 3.53. The number of carbonyl (C=O) groups is 1. The van der Waals surface area contributed by atoms with E-state index in [9.17, 15) is 4.79 Å². The molecule has 100 valence electrons. The number of rotatable bonds is 4. The quantitative estimate of drug-likeness (QED) is 0.829. The first-order valence-electron chi connectivity index (χ1n) is 6.72. The highest BCUT2D eigenvalue weighted by atomic mass is 16.5. The van der Waals surface area contributed by atoms with Gasteiger partial charge in [-0.3, -0.25) is 4.79 Å². The number of hydrogen-bond acceptors (Lipinski definition) is 3. The lowest BCUT2D eigenvalue weighted by Crippen LogP contribution is -2.14. The molecule has 0 heterocycles. The van der Waals surface area contributed by atoms with E-state index in [-0.39, 0.29) is 11.2 Å². The van der Waals surface area contributed by atoms with Gasteiger partial charge in [0.05, 0.1) is 18.1 Å². The van der Waals surface area contributed by atoms with Crippen molar-refractivity contribution in [2.24, 2.45) is 5.41 Å². The molecule has 0 saturated heterocycles. The monoisotopic (exact) mass is 257 g/mol. The molecule has 1 aromatic rings. The van der Waals surface area contributed by atoms with Crippen LogP contribution >= 0.6 is 0 Å². The molecule has 0 saturated carbocycles. The first-order valence-corrected chi connectivity index (χ1v) is 6.72. The first kappa shape index (κ1) is 13.6. The van der Waals surface area contributed by atoms with E-state index >= 15 is 0 Å². The Kier molecular flexibility index (Phi) is 3.90. The highest BCUT2D eigenvalue weighted by Gasteiger charge is 2.19. The minimum absolute atomic E-state index is 0.212. The number of ketones is 1. The lowest BCUT2D eigenvalue weighted by atomic mass is 9.90. The van der Waals surface area contributed by atoms with Crippen molar-refractivity contribution in [3.8, 4) is 11.8 Å². The zero-order valence-electron chi connectivity index (χ0n) is 11.5. The summed E-state index contributed by atoms with van der Waals surface area (Å²) in [5.74, 6) is 0.937. The Labute approximate surface area is 114 Å². The van der Waals surface area contributed by atoms with E-state index in [1.54, 1.807) is 0 Å². The van der Waals surface area contributed by atoms with Gasteiger partial charge in [0, 0.05) is 12.0 Å². The maximum Gasteiger partial charge on any atom is 0.163 e. The first-order chi connectivity index (χ1) is 9.02. The highest BCUT2D eigenvalue weighted by Crippen LogP contribution is 2.26. The van der Waals surface area contributed by atoms with Crippen LogP contribution in [0.3, 0.4) is 0 Å². The molecular formula is C16H19NO2.